The number of rotatable bonds is 3. The normalized spacial score (nSPS) is 11.5. The van der Waals surface area contributed by atoms with Crippen molar-refractivity contribution in [2.24, 2.45) is 0 Å². The molecule has 4 N–H and O–H groups in total. The van der Waals surface area contributed by atoms with Gasteiger partial charge in [-0.1, -0.05) is 12.1 Å². The summed E-state index contributed by atoms with van der Waals surface area (Å²) in [5.41, 5.74) is 11.8. The molecule has 3 rings (SSSR count). The average Bonchev–Trinajstić information content (AvgIpc) is 2.54. The van der Waals surface area contributed by atoms with Gasteiger partial charge in [0.2, 0.25) is 15.8 Å². The number of nitrogens with two attached hydrogens (primary N) is 2. The molecule has 0 saturated carbocycles. The summed E-state index contributed by atoms with van der Waals surface area (Å²) in [6, 6.07) is 9.12. The van der Waals surface area contributed by atoms with Crippen molar-refractivity contribution in [3.05, 3.63) is 36.4 Å². The number of pyridine rings is 1. The van der Waals surface area contributed by atoms with E-state index in [1.54, 1.807) is 18.2 Å². The van der Waals surface area contributed by atoms with Crippen LogP contribution in [0.25, 0.3) is 11.0 Å². The Labute approximate surface area is 132 Å². The molecule has 0 fully saturated rings. The van der Waals surface area contributed by atoms with Crippen LogP contribution in [0.2, 0.25) is 0 Å². The number of para-hydroxylation sites is 1. The van der Waals surface area contributed by atoms with Crippen LogP contribution in [-0.4, -0.2) is 30.5 Å². The SMILES string of the molecule is COc1ccccc1S(=O)(=O)c1ccc2nc(N)nc(N)c2n1. The molecule has 0 atom stereocenters. The van der Waals surface area contributed by atoms with Gasteiger partial charge in [0, 0.05) is 0 Å². The van der Waals surface area contributed by atoms with Gasteiger partial charge >= 0.3 is 0 Å². The van der Waals surface area contributed by atoms with Crippen LogP contribution in [0.4, 0.5) is 11.8 Å². The number of anilines is 2. The van der Waals surface area contributed by atoms with Crippen molar-refractivity contribution in [2.45, 2.75) is 9.92 Å². The molecule has 0 radical (unpaired) electrons. The van der Waals surface area contributed by atoms with E-state index in [0.29, 0.717) is 5.52 Å². The van der Waals surface area contributed by atoms with E-state index >= 15 is 0 Å². The summed E-state index contributed by atoms with van der Waals surface area (Å²) in [4.78, 5) is 11.9. The first-order valence-electron chi connectivity index (χ1n) is 6.51. The number of aromatic nitrogens is 3. The minimum Gasteiger partial charge on any atom is -0.495 e. The number of ether oxygens (including phenoxy) is 1. The molecule has 0 amide bonds. The molecule has 0 aliphatic carbocycles. The van der Waals surface area contributed by atoms with E-state index in [1.165, 1.54) is 25.3 Å². The standard InChI is InChI=1S/C14H13N5O3S/c1-22-9-4-2-3-5-10(9)23(20,21)11-7-6-8-12(18-11)13(15)19-14(16)17-8/h2-7H,1H3,(H4,15,16,17,19). The summed E-state index contributed by atoms with van der Waals surface area (Å²) in [6.07, 6.45) is 0. The Morgan fingerprint density at radius 3 is 2.48 bits per heavy atom. The Morgan fingerprint density at radius 2 is 1.74 bits per heavy atom. The maximum atomic E-state index is 12.8. The Morgan fingerprint density at radius 1 is 1.00 bits per heavy atom. The predicted molar refractivity (Wildman–Crippen MR) is 84.6 cm³/mol. The number of methoxy groups -OCH3 is 1. The second-order valence-corrected chi connectivity index (χ2v) is 6.50. The summed E-state index contributed by atoms with van der Waals surface area (Å²) in [5.74, 6) is 0.248. The highest BCUT2D eigenvalue weighted by Gasteiger charge is 2.24. The molecule has 1 aromatic carbocycles. The second kappa shape index (κ2) is 5.36. The predicted octanol–water partition coefficient (Wildman–Crippen LogP) is 1.03. The lowest BCUT2D eigenvalue weighted by atomic mass is 10.3. The third-order valence-corrected chi connectivity index (χ3v) is 4.89. The lowest BCUT2D eigenvalue weighted by molar-refractivity contribution is 0.402. The molecule has 2 heterocycles. The van der Waals surface area contributed by atoms with Gasteiger partial charge in [-0.05, 0) is 24.3 Å². The highest BCUT2D eigenvalue weighted by Crippen LogP contribution is 2.29. The molecule has 118 valence electrons. The molecule has 0 aliphatic heterocycles. The summed E-state index contributed by atoms with van der Waals surface area (Å²) in [5, 5.41) is -0.172. The number of hydrogen-bond acceptors (Lipinski definition) is 8. The van der Waals surface area contributed by atoms with E-state index in [9.17, 15) is 8.42 Å². The van der Waals surface area contributed by atoms with Crippen molar-refractivity contribution in [3.8, 4) is 5.75 Å². The van der Waals surface area contributed by atoms with Crippen LogP contribution in [0.3, 0.4) is 0 Å². The number of nitrogen functional groups attached to an aromatic ring is 2. The molecule has 0 saturated heterocycles. The fourth-order valence-electron chi connectivity index (χ4n) is 2.14. The molecule has 0 bridgehead atoms. The van der Waals surface area contributed by atoms with Crippen molar-refractivity contribution in [3.63, 3.8) is 0 Å². The van der Waals surface area contributed by atoms with Gasteiger partial charge < -0.3 is 16.2 Å². The highest BCUT2D eigenvalue weighted by molar-refractivity contribution is 7.91. The monoisotopic (exact) mass is 331 g/mol. The lowest BCUT2D eigenvalue weighted by Crippen LogP contribution is -2.08. The molecule has 9 heteroatoms. The van der Waals surface area contributed by atoms with Crippen LogP contribution >= 0.6 is 0 Å². The van der Waals surface area contributed by atoms with Gasteiger partial charge in [0.15, 0.2) is 10.8 Å². The molecule has 8 nitrogen and oxygen atoms in total. The van der Waals surface area contributed by atoms with E-state index in [-0.39, 0.29) is 33.0 Å². The zero-order valence-corrected chi connectivity index (χ0v) is 12.9. The summed E-state index contributed by atoms with van der Waals surface area (Å²) >= 11 is 0. The van der Waals surface area contributed by atoms with Crippen LogP contribution in [0.5, 0.6) is 5.75 Å². The number of nitrogens with zero attached hydrogens (tertiary/aromatic N) is 3. The van der Waals surface area contributed by atoms with E-state index in [1.807, 2.05) is 0 Å². The Bertz CT molecular complexity index is 1000. The minimum atomic E-state index is -3.88. The zero-order chi connectivity index (χ0) is 16.6. The maximum absolute atomic E-state index is 12.8. The second-order valence-electron chi connectivity index (χ2n) is 4.64. The van der Waals surface area contributed by atoms with E-state index in [0.717, 1.165) is 0 Å². The molecule has 0 aliphatic rings. The van der Waals surface area contributed by atoms with Crippen LogP contribution in [0.15, 0.2) is 46.3 Å². The van der Waals surface area contributed by atoms with Crippen molar-refractivity contribution >= 4 is 32.6 Å². The van der Waals surface area contributed by atoms with Crippen molar-refractivity contribution < 1.29 is 13.2 Å². The first kappa shape index (κ1) is 15.0. The van der Waals surface area contributed by atoms with Gasteiger partial charge in [-0.3, -0.25) is 0 Å². The number of hydrogen-bond donors (Lipinski definition) is 2. The molecule has 23 heavy (non-hydrogen) atoms. The zero-order valence-electron chi connectivity index (χ0n) is 12.1. The highest BCUT2D eigenvalue weighted by atomic mass is 32.2. The summed E-state index contributed by atoms with van der Waals surface area (Å²) < 4.78 is 30.7. The van der Waals surface area contributed by atoms with Gasteiger partial charge in [0.05, 0.1) is 12.6 Å². The average molecular weight is 331 g/mol. The third-order valence-electron chi connectivity index (χ3n) is 3.19. The molecule has 3 aromatic rings. The molecule has 0 spiro atoms. The molecule has 0 unspecified atom stereocenters. The number of sulfone groups is 1. The fourth-order valence-corrected chi connectivity index (χ4v) is 3.50. The Kier molecular flexibility index (Phi) is 3.49. The number of fused-ring (bicyclic) bond motifs is 1. The van der Waals surface area contributed by atoms with Crippen molar-refractivity contribution in [2.75, 3.05) is 18.6 Å². The summed E-state index contributed by atoms with van der Waals surface area (Å²) in [7, 11) is -2.48. The largest absolute Gasteiger partial charge is 0.495 e. The Hall–Kier alpha value is -2.94. The molecular weight excluding hydrogens is 318 g/mol. The van der Waals surface area contributed by atoms with Crippen molar-refractivity contribution in [1.82, 2.24) is 15.0 Å². The Balaban J connectivity index is 2.23. The van der Waals surface area contributed by atoms with Gasteiger partial charge in [0.25, 0.3) is 0 Å². The topological polar surface area (TPSA) is 134 Å². The van der Waals surface area contributed by atoms with Crippen LogP contribution in [0, 0.1) is 0 Å². The maximum Gasteiger partial charge on any atom is 0.227 e. The summed E-state index contributed by atoms with van der Waals surface area (Å²) in [6.45, 7) is 0. The van der Waals surface area contributed by atoms with Gasteiger partial charge in [-0.25, -0.2) is 18.4 Å². The lowest BCUT2D eigenvalue weighted by Gasteiger charge is -2.09. The number of benzene rings is 1. The third kappa shape index (κ3) is 2.50. The van der Waals surface area contributed by atoms with E-state index < -0.39 is 9.84 Å². The quantitative estimate of drug-likeness (QED) is 0.726. The van der Waals surface area contributed by atoms with Crippen molar-refractivity contribution in [1.29, 1.82) is 0 Å². The van der Waals surface area contributed by atoms with Gasteiger partial charge in [-0.2, -0.15) is 4.98 Å². The van der Waals surface area contributed by atoms with Gasteiger partial charge in [-0.15, -0.1) is 0 Å². The van der Waals surface area contributed by atoms with E-state index in [2.05, 4.69) is 15.0 Å². The first-order chi connectivity index (χ1) is 10.9. The molecule has 2 aromatic heterocycles. The minimum absolute atomic E-state index is 0.00265. The first-order valence-corrected chi connectivity index (χ1v) is 7.99. The van der Waals surface area contributed by atoms with Crippen LogP contribution < -0.4 is 16.2 Å². The molecular formula is C14H13N5O3S. The smallest absolute Gasteiger partial charge is 0.227 e. The van der Waals surface area contributed by atoms with Crippen LogP contribution in [-0.2, 0) is 9.84 Å². The fraction of sp³-hybridized carbons (Fsp3) is 0.0714. The van der Waals surface area contributed by atoms with Gasteiger partial charge in [0.1, 0.15) is 16.2 Å². The van der Waals surface area contributed by atoms with Crippen LogP contribution in [0.1, 0.15) is 0 Å². The van der Waals surface area contributed by atoms with E-state index in [4.69, 9.17) is 16.2 Å².